The fourth-order valence-electron chi connectivity index (χ4n) is 4.27. The Bertz CT molecular complexity index is 499. The van der Waals surface area contributed by atoms with Gasteiger partial charge in [0.05, 0.1) is 0 Å². The summed E-state index contributed by atoms with van der Waals surface area (Å²) in [5.41, 5.74) is 0.760. The molecule has 1 rings (SSSR count). The molecule has 1 aromatic carbocycles. The Morgan fingerprint density at radius 1 is 0.548 bits per heavy atom. The lowest BCUT2D eigenvalue weighted by Gasteiger charge is -2.05. The number of hydrogen-bond donors (Lipinski definition) is 1. The van der Waals surface area contributed by atoms with E-state index in [1.165, 1.54) is 122 Å². The van der Waals surface area contributed by atoms with Crippen molar-refractivity contribution < 1.29 is 4.79 Å². The topological polar surface area (TPSA) is 29.1 Å². The maximum atomic E-state index is 11.9. The second-order valence-electron chi connectivity index (χ2n) is 9.34. The number of amides is 1. The van der Waals surface area contributed by atoms with Gasteiger partial charge in [-0.2, -0.15) is 0 Å². The average Bonchev–Trinajstić information content (AvgIpc) is 2.80. The average molecular weight is 430 g/mol. The minimum atomic E-state index is 0.0541. The highest BCUT2D eigenvalue weighted by Crippen LogP contribution is 2.14. The molecule has 0 fully saturated rings. The van der Waals surface area contributed by atoms with Crippen molar-refractivity contribution in [3.05, 3.63) is 35.9 Å². The first-order valence-electron chi connectivity index (χ1n) is 13.7. The lowest BCUT2D eigenvalue weighted by atomic mass is 10.0. The molecule has 0 saturated heterocycles. The minimum absolute atomic E-state index is 0.0541. The molecule has 0 radical (unpaired) electrons. The standard InChI is InChI=1S/C29H51NO/c1-2-3-4-5-6-7-8-9-10-11-12-13-14-15-16-17-18-19-20-24-27-30-29(31)28-25-22-21-23-26-28/h21-23,25-26H,2-20,24,27H2,1H3,(H,30,31). The highest BCUT2D eigenvalue weighted by molar-refractivity contribution is 5.94. The van der Waals surface area contributed by atoms with E-state index in [2.05, 4.69) is 12.2 Å². The number of hydrogen-bond acceptors (Lipinski definition) is 1. The molecule has 31 heavy (non-hydrogen) atoms. The van der Waals surface area contributed by atoms with Crippen molar-refractivity contribution in [2.45, 2.75) is 135 Å². The van der Waals surface area contributed by atoms with Gasteiger partial charge in [0, 0.05) is 12.1 Å². The Morgan fingerprint density at radius 2 is 0.903 bits per heavy atom. The Morgan fingerprint density at radius 3 is 1.29 bits per heavy atom. The SMILES string of the molecule is CCCCCCCCCCCCCCCCCCCCCCNC(=O)c1ccccc1. The molecule has 178 valence electrons. The Hall–Kier alpha value is -1.31. The summed E-state index contributed by atoms with van der Waals surface area (Å²) in [6.07, 6.45) is 28.0. The van der Waals surface area contributed by atoms with Gasteiger partial charge in [-0.3, -0.25) is 4.79 Å². The second kappa shape index (κ2) is 21.9. The number of benzene rings is 1. The van der Waals surface area contributed by atoms with Crippen LogP contribution < -0.4 is 5.32 Å². The van der Waals surface area contributed by atoms with Gasteiger partial charge in [0.15, 0.2) is 0 Å². The highest BCUT2D eigenvalue weighted by Gasteiger charge is 2.02. The van der Waals surface area contributed by atoms with Crippen molar-refractivity contribution >= 4 is 5.91 Å². The van der Waals surface area contributed by atoms with Crippen LogP contribution in [0.4, 0.5) is 0 Å². The molecule has 0 aromatic heterocycles. The van der Waals surface area contributed by atoms with Crippen molar-refractivity contribution in [1.82, 2.24) is 5.32 Å². The van der Waals surface area contributed by atoms with Gasteiger partial charge in [0.2, 0.25) is 0 Å². The van der Waals surface area contributed by atoms with Crippen LogP contribution in [-0.2, 0) is 0 Å². The zero-order valence-electron chi connectivity index (χ0n) is 20.6. The van der Waals surface area contributed by atoms with Gasteiger partial charge in [0.1, 0.15) is 0 Å². The van der Waals surface area contributed by atoms with E-state index < -0.39 is 0 Å². The van der Waals surface area contributed by atoms with Gasteiger partial charge in [-0.25, -0.2) is 0 Å². The van der Waals surface area contributed by atoms with Gasteiger partial charge < -0.3 is 5.32 Å². The van der Waals surface area contributed by atoms with E-state index in [1.807, 2.05) is 30.3 Å². The summed E-state index contributed by atoms with van der Waals surface area (Å²) in [5, 5.41) is 3.02. The fourth-order valence-corrected chi connectivity index (χ4v) is 4.27. The second-order valence-corrected chi connectivity index (χ2v) is 9.34. The van der Waals surface area contributed by atoms with E-state index in [0.717, 1.165) is 18.5 Å². The van der Waals surface area contributed by atoms with Crippen LogP contribution in [-0.4, -0.2) is 12.5 Å². The third kappa shape index (κ3) is 18.0. The summed E-state index contributed by atoms with van der Waals surface area (Å²) in [6.45, 7) is 3.09. The van der Waals surface area contributed by atoms with Gasteiger partial charge in [-0.15, -0.1) is 0 Å². The molecule has 0 aliphatic rings. The van der Waals surface area contributed by atoms with E-state index in [4.69, 9.17) is 0 Å². The summed E-state index contributed by atoms with van der Waals surface area (Å²) < 4.78 is 0. The van der Waals surface area contributed by atoms with E-state index in [1.54, 1.807) is 0 Å². The van der Waals surface area contributed by atoms with Crippen LogP contribution in [0, 0.1) is 0 Å². The monoisotopic (exact) mass is 429 g/mol. The molecule has 0 spiro atoms. The first kappa shape index (κ1) is 27.7. The Balaban J connectivity index is 1.70. The summed E-state index contributed by atoms with van der Waals surface area (Å²) in [7, 11) is 0. The van der Waals surface area contributed by atoms with E-state index in [0.29, 0.717) is 0 Å². The van der Waals surface area contributed by atoms with Crippen molar-refractivity contribution in [2.24, 2.45) is 0 Å². The van der Waals surface area contributed by atoms with Crippen molar-refractivity contribution in [1.29, 1.82) is 0 Å². The van der Waals surface area contributed by atoms with E-state index in [-0.39, 0.29) is 5.91 Å². The summed E-state index contributed by atoms with van der Waals surface area (Å²) >= 11 is 0. The van der Waals surface area contributed by atoms with Gasteiger partial charge >= 0.3 is 0 Å². The van der Waals surface area contributed by atoms with Crippen molar-refractivity contribution in [2.75, 3.05) is 6.54 Å². The lowest BCUT2D eigenvalue weighted by Crippen LogP contribution is -2.24. The number of unbranched alkanes of at least 4 members (excludes halogenated alkanes) is 19. The zero-order valence-corrected chi connectivity index (χ0v) is 20.6. The van der Waals surface area contributed by atoms with Crippen LogP contribution in [0.5, 0.6) is 0 Å². The quantitative estimate of drug-likeness (QED) is 0.183. The molecule has 0 heterocycles. The van der Waals surface area contributed by atoms with E-state index >= 15 is 0 Å². The Kier molecular flexibility index (Phi) is 19.6. The van der Waals surface area contributed by atoms with Crippen LogP contribution >= 0.6 is 0 Å². The normalized spacial score (nSPS) is 11.0. The molecule has 1 aromatic rings. The molecule has 0 bridgehead atoms. The molecular formula is C29H51NO. The molecule has 0 aliphatic carbocycles. The van der Waals surface area contributed by atoms with Gasteiger partial charge in [-0.1, -0.05) is 147 Å². The third-order valence-electron chi connectivity index (χ3n) is 6.35. The summed E-state index contributed by atoms with van der Waals surface area (Å²) in [5.74, 6) is 0.0541. The van der Waals surface area contributed by atoms with Crippen LogP contribution in [0.3, 0.4) is 0 Å². The van der Waals surface area contributed by atoms with E-state index in [9.17, 15) is 4.79 Å². The first-order valence-corrected chi connectivity index (χ1v) is 13.7. The smallest absolute Gasteiger partial charge is 0.251 e. The molecule has 2 heteroatoms. The number of nitrogens with one attached hydrogen (secondary N) is 1. The van der Waals surface area contributed by atoms with Crippen LogP contribution in [0.2, 0.25) is 0 Å². The first-order chi connectivity index (χ1) is 15.3. The number of carbonyl (C=O) groups excluding carboxylic acids is 1. The molecule has 0 saturated carbocycles. The highest BCUT2D eigenvalue weighted by atomic mass is 16.1. The molecule has 1 N–H and O–H groups in total. The number of carbonyl (C=O) groups is 1. The lowest BCUT2D eigenvalue weighted by molar-refractivity contribution is 0.0953. The third-order valence-corrected chi connectivity index (χ3v) is 6.35. The maximum Gasteiger partial charge on any atom is 0.251 e. The zero-order chi connectivity index (χ0) is 22.2. The maximum absolute atomic E-state index is 11.9. The van der Waals surface area contributed by atoms with Crippen LogP contribution in [0.25, 0.3) is 0 Å². The fraction of sp³-hybridized carbons (Fsp3) is 0.759. The molecule has 0 atom stereocenters. The van der Waals surface area contributed by atoms with Crippen molar-refractivity contribution in [3.8, 4) is 0 Å². The largest absolute Gasteiger partial charge is 0.352 e. The van der Waals surface area contributed by atoms with Gasteiger partial charge in [0.25, 0.3) is 5.91 Å². The molecule has 0 aliphatic heterocycles. The molecular weight excluding hydrogens is 378 g/mol. The van der Waals surface area contributed by atoms with Gasteiger partial charge in [-0.05, 0) is 18.6 Å². The van der Waals surface area contributed by atoms with Crippen molar-refractivity contribution in [3.63, 3.8) is 0 Å². The predicted molar refractivity (Wildman–Crippen MR) is 137 cm³/mol. The predicted octanol–water partition coefficient (Wildman–Crippen LogP) is 9.24. The molecule has 2 nitrogen and oxygen atoms in total. The van der Waals surface area contributed by atoms with Crippen LogP contribution in [0.1, 0.15) is 146 Å². The summed E-state index contributed by atoms with van der Waals surface area (Å²) in [6, 6.07) is 9.49. The summed E-state index contributed by atoms with van der Waals surface area (Å²) in [4.78, 5) is 11.9. The minimum Gasteiger partial charge on any atom is -0.352 e. The molecule has 1 amide bonds. The van der Waals surface area contributed by atoms with Crippen LogP contribution in [0.15, 0.2) is 30.3 Å². The Labute approximate surface area is 194 Å². The number of rotatable bonds is 22. The molecule has 0 unspecified atom stereocenters.